The van der Waals surface area contributed by atoms with E-state index in [0.29, 0.717) is 0 Å². The maximum atomic E-state index is 13.9. The van der Waals surface area contributed by atoms with Gasteiger partial charge in [-0.2, -0.15) is 0 Å². The molecule has 1 saturated carbocycles. The fraction of sp³-hybridized carbons (Fsp3) is 0.529. The number of anilines is 1. The SMILES string of the molecule is CC(=O)N(CCNC(=O)C1CCCCC1)c1ccc(F)c(F)c1F. The van der Waals surface area contributed by atoms with Crippen molar-refractivity contribution >= 4 is 17.5 Å². The summed E-state index contributed by atoms with van der Waals surface area (Å²) in [6.07, 6.45) is 4.88. The van der Waals surface area contributed by atoms with Gasteiger partial charge in [0.15, 0.2) is 17.5 Å². The van der Waals surface area contributed by atoms with Crippen LogP contribution in [-0.2, 0) is 9.59 Å². The van der Waals surface area contributed by atoms with Crippen molar-refractivity contribution in [1.29, 1.82) is 0 Å². The summed E-state index contributed by atoms with van der Waals surface area (Å²) in [6.45, 7) is 1.30. The first-order chi connectivity index (χ1) is 11.4. The fourth-order valence-corrected chi connectivity index (χ4v) is 2.97. The van der Waals surface area contributed by atoms with Crippen molar-refractivity contribution in [2.45, 2.75) is 39.0 Å². The molecule has 0 atom stereocenters. The normalized spacial score (nSPS) is 15.2. The third-order valence-electron chi connectivity index (χ3n) is 4.30. The second kappa shape index (κ2) is 8.17. The number of hydrogen-bond donors (Lipinski definition) is 1. The molecular weight excluding hydrogens is 321 g/mol. The van der Waals surface area contributed by atoms with E-state index in [1.165, 1.54) is 6.92 Å². The molecule has 2 rings (SSSR count). The second-order valence-electron chi connectivity index (χ2n) is 5.99. The third kappa shape index (κ3) is 4.27. The number of halogens is 3. The molecule has 0 unspecified atom stereocenters. The summed E-state index contributed by atoms with van der Waals surface area (Å²) in [7, 11) is 0. The first-order valence-corrected chi connectivity index (χ1v) is 8.11. The molecular formula is C17H21F3N2O2. The smallest absolute Gasteiger partial charge is 0.224 e. The van der Waals surface area contributed by atoms with Crippen molar-refractivity contribution in [2.24, 2.45) is 5.92 Å². The first kappa shape index (κ1) is 18.3. The molecule has 0 heterocycles. The van der Waals surface area contributed by atoms with Gasteiger partial charge in [-0.25, -0.2) is 13.2 Å². The van der Waals surface area contributed by atoms with E-state index in [2.05, 4.69) is 5.32 Å². The van der Waals surface area contributed by atoms with E-state index >= 15 is 0 Å². The van der Waals surface area contributed by atoms with Gasteiger partial charge < -0.3 is 10.2 Å². The minimum Gasteiger partial charge on any atom is -0.354 e. The molecule has 4 nitrogen and oxygen atoms in total. The number of hydrogen-bond acceptors (Lipinski definition) is 2. The molecule has 0 saturated heterocycles. The number of rotatable bonds is 5. The molecule has 1 N–H and O–H groups in total. The molecule has 7 heteroatoms. The molecule has 0 spiro atoms. The quantitative estimate of drug-likeness (QED) is 0.836. The zero-order valence-electron chi connectivity index (χ0n) is 13.6. The van der Waals surface area contributed by atoms with Crippen LogP contribution >= 0.6 is 0 Å². The molecule has 0 radical (unpaired) electrons. The van der Waals surface area contributed by atoms with Crippen LogP contribution in [0, 0.1) is 23.4 Å². The summed E-state index contributed by atoms with van der Waals surface area (Å²) in [5.41, 5.74) is -0.340. The van der Waals surface area contributed by atoms with Crippen LogP contribution in [0.2, 0.25) is 0 Å². The van der Waals surface area contributed by atoms with E-state index in [1.807, 2.05) is 0 Å². The molecule has 1 aromatic rings. The van der Waals surface area contributed by atoms with Gasteiger partial charge in [0.1, 0.15) is 0 Å². The second-order valence-corrected chi connectivity index (χ2v) is 5.99. The fourth-order valence-electron chi connectivity index (χ4n) is 2.97. The van der Waals surface area contributed by atoms with E-state index in [-0.39, 0.29) is 30.6 Å². The van der Waals surface area contributed by atoms with Gasteiger partial charge in [-0.05, 0) is 25.0 Å². The first-order valence-electron chi connectivity index (χ1n) is 8.11. The Hall–Kier alpha value is -2.05. The van der Waals surface area contributed by atoms with Crippen molar-refractivity contribution in [3.8, 4) is 0 Å². The lowest BCUT2D eigenvalue weighted by Crippen LogP contribution is -2.40. The molecule has 1 aromatic carbocycles. The third-order valence-corrected chi connectivity index (χ3v) is 4.30. The van der Waals surface area contributed by atoms with Gasteiger partial charge in [-0.1, -0.05) is 19.3 Å². The van der Waals surface area contributed by atoms with Crippen molar-refractivity contribution in [3.05, 3.63) is 29.6 Å². The number of benzene rings is 1. The summed E-state index contributed by atoms with van der Waals surface area (Å²) in [5, 5.41) is 2.73. The molecule has 132 valence electrons. The van der Waals surface area contributed by atoms with E-state index < -0.39 is 23.4 Å². The Morgan fingerprint density at radius 2 is 1.79 bits per heavy atom. The van der Waals surface area contributed by atoms with Crippen LogP contribution in [0.1, 0.15) is 39.0 Å². The highest BCUT2D eigenvalue weighted by molar-refractivity contribution is 5.91. The number of carbonyl (C=O) groups is 2. The van der Waals surface area contributed by atoms with E-state index in [1.54, 1.807) is 0 Å². The number of carbonyl (C=O) groups excluding carboxylic acids is 2. The minimum atomic E-state index is -1.62. The highest BCUT2D eigenvalue weighted by atomic mass is 19.2. The molecule has 0 aromatic heterocycles. The monoisotopic (exact) mass is 342 g/mol. The summed E-state index contributed by atoms with van der Waals surface area (Å²) in [6, 6.07) is 1.78. The molecule has 0 bridgehead atoms. The Morgan fingerprint density at radius 1 is 1.12 bits per heavy atom. The largest absolute Gasteiger partial charge is 0.354 e. The lowest BCUT2D eigenvalue weighted by molar-refractivity contribution is -0.126. The number of nitrogens with one attached hydrogen (secondary N) is 1. The van der Waals surface area contributed by atoms with Crippen LogP contribution in [-0.4, -0.2) is 24.9 Å². The summed E-state index contributed by atoms with van der Waals surface area (Å²) >= 11 is 0. The van der Waals surface area contributed by atoms with E-state index in [9.17, 15) is 22.8 Å². The molecule has 0 aliphatic heterocycles. The Bertz CT molecular complexity index is 616. The van der Waals surface area contributed by atoms with Gasteiger partial charge in [0.2, 0.25) is 11.8 Å². The van der Waals surface area contributed by atoms with Gasteiger partial charge >= 0.3 is 0 Å². The lowest BCUT2D eigenvalue weighted by Gasteiger charge is -2.24. The summed E-state index contributed by atoms with van der Waals surface area (Å²) < 4.78 is 40.2. The molecule has 2 amide bonds. The standard InChI is InChI=1S/C17H21F3N2O2/c1-11(23)22(14-8-7-13(18)15(19)16(14)20)10-9-21-17(24)12-5-3-2-4-6-12/h7-8,12H,2-6,9-10H2,1H3,(H,21,24). The van der Waals surface area contributed by atoms with Crippen LogP contribution in [0.5, 0.6) is 0 Å². The van der Waals surface area contributed by atoms with Crippen LogP contribution in [0.15, 0.2) is 12.1 Å². The average Bonchev–Trinajstić information content (AvgIpc) is 2.58. The van der Waals surface area contributed by atoms with Crippen LogP contribution in [0.3, 0.4) is 0 Å². The Balaban J connectivity index is 1.98. The Kier molecular flexibility index (Phi) is 6.23. The van der Waals surface area contributed by atoms with Crippen molar-refractivity contribution in [1.82, 2.24) is 5.32 Å². The van der Waals surface area contributed by atoms with Crippen molar-refractivity contribution in [2.75, 3.05) is 18.0 Å². The van der Waals surface area contributed by atoms with Crippen molar-refractivity contribution < 1.29 is 22.8 Å². The Morgan fingerprint density at radius 3 is 2.42 bits per heavy atom. The van der Waals surface area contributed by atoms with E-state index in [0.717, 1.165) is 49.1 Å². The van der Waals surface area contributed by atoms with Gasteiger partial charge in [-0.15, -0.1) is 0 Å². The Labute approximate surface area is 139 Å². The highest BCUT2D eigenvalue weighted by Crippen LogP contribution is 2.24. The molecule has 1 aliphatic rings. The van der Waals surface area contributed by atoms with Crippen LogP contribution in [0.25, 0.3) is 0 Å². The lowest BCUT2D eigenvalue weighted by atomic mass is 9.89. The zero-order valence-corrected chi connectivity index (χ0v) is 13.6. The molecule has 1 fully saturated rings. The molecule has 24 heavy (non-hydrogen) atoms. The summed E-state index contributed by atoms with van der Waals surface area (Å²) in [5.74, 6) is -4.97. The van der Waals surface area contributed by atoms with Crippen LogP contribution in [0.4, 0.5) is 18.9 Å². The zero-order chi connectivity index (χ0) is 17.7. The van der Waals surface area contributed by atoms with Gasteiger partial charge in [0.25, 0.3) is 0 Å². The highest BCUT2D eigenvalue weighted by Gasteiger charge is 2.23. The van der Waals surface area contributed by atoms with Gasteiger partial charge in [-0.3, -0.25) is 9.59 Å². The molecule has 1 aliphatic carbocycles. The predicted octanol–water partition coefficient (Wildman–Crippen LogP) is 3.15. The topological polar surface area (TPSA) is 49.4 Å². The van der Waals surface area contributed by atoms with Crippen LogP contribution < -0.4 is 10.2 Å². The maximum absolute atomic E-state index is 13.9. The van der Waals surface area contributed by atoms with Gasteiger partial charge in [0.05, 0.1) is 5.69 Å². The maximum Gasteiger partial charge on any atom is 0.224 e. The van der Waals surface area contributed by atoms with E-state index in [4.69, 9.17) is 0 Å². The van der Waals surface area contributed by atoms with Crippen molar-refractivity contribution in [3.63, 3.8) is 0 Å². The minimum absolute atomic E-state index is 0.0181. The summed E-state index contributed by atoms with van der Waals surface area (Å²) in [4.78, 5) is 24.7. The van der Waals surface area contributed by atoms with Gasteiger partial charge in [0, 0.05) is 25.9 Å². The number of nitrogens with zero attached hydrogens (tertiary/aromatic N) is 1. The number of amides is 2. The average molecular weight is 342 g/mol. The predicted molar refractivity (Wildman–Crippen MR) is 83.9 cm³/mol.